The first-order valence-electron chi connectivity index (χ1n) is 5.89. The molecule has 2 aromatic rings. The van der Waals surface area contributed by atoms with Gasteiger partial charge in [0.25, 0.3) is 0 Å². The molecule has 0 fully saturated rings. The second-order valence-corrected chi connectivity index (χ2v) is 3.78. The second kappa shape index (κ2) is 6.93. The van der Waals surface area contributed by atoms with Crippen LogP contribution < -0.4 is 0 Å². The zero-order valence-electron chi connectivity index (χ0n) is 10.1. The molecule has 0 aliphatic heterocycles. The summed E-state index contributed by atoms with van der Waals surface area (Å²) in [6, 6.07) is 20.3. The third-order valence-electron chi connectivity index (χ3n) is 2.40. The van der Waals surface area contributed by atoms with E-state index in [4.69, 9.17) is 0 Å². The van der Waals surface area contributed by atoms with Crippen LogP contribution in [0.3, 0.4) is 0 Å². The molecule has 2 rings (SSSR count). The van der Waals surface area contributed by atoms with Crippen molar-refractivity contribution in [3.63, 3.8) is 0 Å². The summed E-state index contributed by atoms with van der Waals surface area (Å²) in [4.78, 5) is 0. The molecule has 0 bridgehead atoms. The van der Waals surface area contributed by atoms with Gasteiger partial charge in [0.1, 0.15) is 0 Å². The van der Waals surface area contributed by atoms with E-state index in [0.29, 0.717) is 0 Å². The lowest BCUT2D eigenvalue weighted by Crippen LogP contribution is -1.67. The van der Waals surface area contributed by atoms with Crippen molar-refractivity contribution >= 4 is 12.2 Å². The molecular formula is C18H14. The van der Waals surface area contributed by atoms with Crippen LogP contribution in [0, 0.1) is 11.8 Å². The summed E-state index contributed by atoms with van der Waals surface area (Å²) in [6.07, 6.45) is 7.74. The molecule has 0 aliphatic rings. The Kier molecular flexibility index (Phi) is 4.60. The van der Waals surface area contributed by atoms with Crippen LogP contribution in [0.5, 0.6) is 0 Å². The van der Waals surface area contributed by atoms with Crippen LogP contribution >= 0.6 is 0 Å². The van der Waals surface area contributed by atoms with Crippen molar-refractivity contribution in [1.82, 2.24) is 0 Å². The first-order valence-corrected chi connectivity index (χ1v) is 5.89. The molecule has 0 saturated carbocycles. The van der Waals surface area contributed by atoms with Crippen molar-refractivity contribution in [2.24, 2.45) is 0 Å². The Bertz CT molecular complexity index is 525. The Balaban J connectivity index is 1.90. The highest BCUT2D eigenvalue weighted by Gasteiger charge is 1.80. The molecule has 0 heterocycles. The monoisotopic (exact) mass is 230 g/mol. The van der Waals surface area contributed by atoms with Crippen LogP contribution in [0.15, 0.2) is 72.8 Å². The molecule has 0 spiro atoms. The van der Waals surface area contributed by atoms with Gasteiger partial charge in [-0.25, -0.2) is 0 Å². The van der Waals surface area contributed by atoms with Crippen molar-refractivity contribution in [2.75, 3.05) is 0 Å². The molecule has 0 unspecified atom stereocenters. The van der Waals surface area contributed by atoms with Crippen molar-refractivity contribution in [3.8, 4) is 11.8 Å². The van der Waals surface area contributed by atoms with Crippen LogP contribution in [-0.4, -0.2) is 0 Å². The first-order chi connectivity index (χ1) is 8.95. The third-order valence-corrected chi connectivity index (χ3v) is 2.40. The van der Waals surface area contributed by atoms with Crippen molar-refractivity contribution in [1.29, 1.82) is 0 Å². The quantitative estimate of drug-likeness (QED) is 0.670. The maximum Gasteiger partial charge on any atom is -0.0109 e. The lowest BCUT2D eigenvalue weighted by atomic mass is 10.2. The number of hydrogen-bond donors (Lipinski definition) is 0. The van der Waals surface area contributed by atoms with Crippen molar-refractivity contribution < 1.29 is 0 Å². The molecule has 2 aromatic carbocycles. The fourth-order valence-electron chi connectivity index (χ4n) is 1.50. The zero-order chi connectivity index (χ0) is 12.5. The predicted octanol–water partition coefficient (Wildman–Crippen LogP) is 4.42. The Morgan fingerprint density at radius 1 is 0.556 bits per heavy atom. The van der Waals surface area contributed by atoms with Crippen molar-refractivity contribution in [3.05, 3.63) is 83.9 Å². The standard InChI is InChI=1S/C18H14/c1(5-11-17-13-7-3-8-14-17)2-6-12-18-15-9-4-10-16-18/h3-16H/b11-5+,12-6+. The van der Waals surface area contributed by atoms with E-state index in [0.717, 1.165) is 0 Å². The summed E-state index contributed by atoms with van der Waals surface area (Å²) in [6.45, 7) is 0. The summed E-state index contributed by atoms with van der Waals surface area (Å²) in [5.74, 6) is 5.97. The van der Waals surface area contributed by atoms with Gasteiger partial charge in [-0.05, 0) is 35.4 Å². The highest BCUT2D eigenvalue weighted by Crippen LogP contribution is 2.01. The Morgan fingerprint density at radius 3 is 1.33 bits per heavy atom. The van der Waals surface area contributed by atoms with E-state index in [2.05, 4.69) is 36.1 Å². The van der Waals surface area contributed by atoms with Crippen LogP contribution in [-0.2, 0) is 0 Å². The van der Waals surface area contributed by atoms with Crippen LogP contribution in [0.4, 0.5) is 0 Å². The van der Waals surface area contributed by atoms with Crippen LogP contribution in [0.25, 0.3) is 12.2 Å². The molecule has 18 heavy (non-hydrogen) atoms. The molecule has 0 aromatic heterocycles. The van der Waals surface area contributed by atoms with E-state index in [1.54, 1.807) is 0 Å². The van der Waals surface area contributed by atoms with Gasteiger partial charge < -0.3 is 0 Å². The van der Waals surface area contributed by atoms with E-state index in [-0.39, 0.29) is 0 Å². The fourth-order valence-corrected chi connectivity index (χ4v) is 1.50. The molecule has 0 atom stereocenters. The third kappa shape index (κ3) is 4.15. The Morgan fingerprint density at radius 2 is 0.944 bits per heavy atom. The predicted molar refractivity (Wildman–Crippen MR) is 78.7 cm³/mol. The minimum atomic E-state index is 1.17. The van der Waals surface area contributed by atoms with Crippen molar-refractivity contribution in [2.45, 2.75) is 0 Å². The maximum absolute atomic E-state index is 2.99. The summed E-state index contributed by atoms with van der Waals surface area (Å²) >= 11 is 0. The van der Waals surface area contributed by atoms with E-state index in [1.165, 1.54) is 11.1 Å². The fraction of sp³-hybridized carbons (Fsp3) is 0. The number of hydrogen-bond acceptors (Lipinski definition) is 0. The molecule has 0 amide bonds. The van der Waals surface area contributed by atoms with Gasteiger partial charge >= 0.3 is 0 Å². The topological polar surface area (TPSA) is 0 Å². The first kappa shape index (κ1) is 12.0. The molecule has 0 N–H and O–H groups in total. The van der Waals surface area contributed by atoms with Gasteiger partial charge in [-0.2, -0.15) is 0 Å². The molecular weight excluding hydrogens is 216 g/mol. The molecule has 0 nitrogen and oxygen atoms in total. The minimum absolute atomic E-state index is 1.17. The summed E-state index contributed by atoms with van der Waals surface area (Å²) in [7, 11) is 0. The van der Waals surface area contributed by atoms with Crippen LogP contribution in [0.2, 0.25) is 0 Å². The normalized spacial score (nSPS) is 10.4. The van der Waals surface area contributed by atoms with Gasteiger partial charge in [0.2, 0.25) is 0 Å². The summed E-state index contributed by atoms with van der Waals surface area (Å²) in [5, 5.41) is 0. The highest BCUT2D eigenvalue weighted by atomic mass is 13.9. The molecule has 0 saturated heterocycles. The van der Waals surface area contributed by atoms with Gasteiger partial charge in [0.05, 0.1) is 0 Å². The second-order valence-electron chi connectivity index (χ2n) is 3.78. The van der Waals surface area contributed by atoms with Gasteiger partial charge in [-0.1, -0.05) is 72.5 Å². The van der Waals surface area contributed by atoms with E-state index in [1.807, 2.05) is 60.7 Å². The highest BCUT2D eigenvalue weighted by molar-refractivity contribution is 5.55. The Labute approximate surface area is 108 Å². The van der Waals surface area contributed by atoms with Gasteiger partial charge in [0.15, 0.2) is 0 Å². The van der Waals surface area contributed by atoms with E-state index >= 15 is 0 Å². The zero-order valence-corrected chi connectivity index (χ0v) is 10.1. The lowest BCUT2D eigenvalue weighted by molar-refractivity contribution is 1.66. The SMILES string of the molecule is C(#C/C=C/c1ccccc1)/C=C/c1ccccc1. The summed E-state index contributed by atoms with van der Waals surface area (Å²) in [5.41, 5.74) is 2.33. The number of rotatable bonds is 2. The largest absolute Gasteiger partial charge is 0.0702 e. The lowest BCUT2D eigenvalue weighted by Gasteiger charge is -1.87. The molecule has 86 valence electrons. The molecule has 0 radical (unpaired) electrons. The Hall–Kier alpha value is -2.52. The van der Waals surface area contributed by atoms with E-state index in [9.17, 15) is 0 Å². The molecule has 0 aliphatic carbocycles. The maximum atomic E-state index is 2.99. The molecule has 0 heteroatoms. The van der Waals surface area contributed by atoms with E-state index < -0.39 is 0 Å². The smallest absolute Gasteiger partial charge is 0.0109 e. The van der Waals surface area contributed by atoms with Gasteiger partial charge in [-0.15, -0.1) is 0 Å². The average Bonchev–Trinajstić information content (AvgIpc) is 2.45. The number of allylic oxidation sites excluding steroid dienone is 2. The number of benzene rings is 2. The van der Waals surface area contributed by atoms with Gasteiger partial charge in [-0.3, -0.25) is 0 Å². The minimum Gasteiger partial charge on any atom is -0.0702 e. The van der Waals surface area contributed by atoms with Gasteiger partial charge in [0, 0.05) is 0 Å². The van der Waals surface area contributed by atoms with Crippen LogP contribution in [0.1, 0.15) is 11.1 Å². The summed E-state index contributed by atoms with van der Waals surface area (Å²) < 4.78 is 0. The average molecular weight is 230 g/mol.